The number of rotatable bonds is 6. The lowest BCUT2D eigenvalue weighted by molar-refractivity contribution is -0.120. The topological polar surface area (TPSA) is 139 Å². The number of nitrogens with zero attached hydrogens (tertiary/aromatic N) is 1. The van der Waals surface area contributed by atoms with Crippen LogP contribution in [0.1, 0.15) is 10.4 Å². The van der Waals surface area contributed by atoms with Crippen LogP contribution in [0.25, 0.3) is 0 Å². The maximum atomic E-state index is 12.9. The van der Waals surface area contributed by atoms with E-state index < -0.39 is 27.7 Å². The lowest BCUT2D eigenvalue weighted by atomic mass is 10.2. The lowest BCUT2D eigenvalue weighted by Crippen LogP contribution is -2.32. The summed E-state index contributed by atoms with van der Waals surface area (Å²) in [6.45, 7) is 0. The number of anilines is 3. The van der Waals surface area contributed by atoms with Gasteiger partial charge >= 0.3 is 0 Å². The monoisotopic (exact) mass is 564 g/mol. The van der Waals surface area contributed by atoms with Gasteiger partial charge in [0.15, 0.2) is 0 Å². The number of carbonyl (C=O) groups is 3. The Morgan fingerprint density at radius 2 is 1.44 bits per heavy atom. The van der Waals surface area contributed by atoms with Crippen LogP contribution in [0.15, 0.2) is 82.4 Å². The molecule has 4 rings (SSSR count). The number of amides is 3. The molecule has 0 spiro atoms. The van der Waals surface area contributed by atoms with E-state index in [0.717, 1.165) is 4.90 Å². The summed E-state index contributed by atoms with van der Waals surface area (Å²) in [5.74, 6) is -1.92. The van der Waals surface area contributed by atoms with E-state index in [-0.39, 0.29) is 31.9 Å². The SMILES string of the molecule is NS(=O)(=O)c1ccc(NC(=O)c2ccc(NC3=C(Cl)C(=O)N(c4ccc(Cl)cc4Cl)C3=O)cc2)cc1. The summed E-state index contributed by atoms with van der Waals surface area (Å²) < 4.78 is 22.7. The predicted molar refractivity (Wildman–Crippen MR) is 138 cm³/mol. The predicted octanol–water partition coefficient (Wildman–Crippen LogP) is 4.33. The first-order valence-corrected chi connectivity index (χ1v) is 12.7. The van der Waals surface area contributed by atoms with Crippen molar-refractivity contribution in [1.82, 2.24) is 0 Å². The van der Waals surface area contributed by atoms with Gasteiger partial charge in [-0.15, -0.1) is 0 Å². The highest BCUT2D eigenvalue weighted by Crippen LogP contribution is 2.35. The van der Waals surface area contributed by atoms with Gasteiger partial charge in [0.05, 0.1) is 15.6 Å². The fourth-order valence-electron chi connectivity index (χ4n) is 3.27. The third-order valence-corrected chi connectivity index (χ3v) is 6.85. The van der Waals surface area contributed by atoms with Crippen molar-refractivity contribution < 1.29 is 22.8 Å². The molecule has 36 heavy (non-hydrogen) atoms. The third-order valence-electron chi connectivity index (χ3n) is 5.04. The van der Waals surface area contributed by atoms with Gasteiger partial charge in [0.25, 0.3) is 17.7 Å². The zero-order chi connectivity index (χ0) is 26.2. The van der Waals surface area contributed by atoms with Gasteiger partial charge in [0.2, 0.25) is 10.0 Å². The maximum absolute atomic E-state index is 12.9. The van der Waals surface area contributed by atoms with E-state index in [0.29, 0.717) is 16.4 Å². The molecule has 0 aromatic heterocycles. The molecule has 0 unspecified atom stereocenters. The van der Waals surface area contributed by atoms with Crippen molar-refractivity contribution in [1.29, 1.82) is 0 Å². The minimum absolute atomic E-state index is 0.0827. The zero-order valence-electron chi connectivity index (χ0n) is 18.0. The number of imide groups is 1. The van der Waals surface area contributed by atoms with E-state index in [1.54, 1.807) is 0 Å². The molecule has 13 heteroatoms. The van der Waals surface area contributed by atoms with Gasteiger partial charge in [-0.05, 0) is 66.7 Å². The fourth-order valence-corrected chi connectivity index (χ4v) is 4.49. The number of halogens is 3. The van der Waals surface area contributed by atoms with Gasteiger partial charge in [-0.25, -0.2) is 18.5 Å². The van der Waals surface area contributed by atoms with E-state index in [2.05, 4.69) is 10.6 Å². The van der Waals surface area contributed by atoms with Crippen molar-refractivity contribution in [2.75, 3.05) is 15.5 Å². The normalized spacial score (nSPS) is 13.8. The number of nitrogens with two attached hydrogens (primary N) is 1. The number of hydrogen-bond acceptors (Lipinski definition) is 6. The minimum Gasteiger partial charge on any atom is -0.350 e. The molecule has 3 aromatic rings. The lowest BCUT2D eigenvalue weighted by Gasteiger charge is -2.16. The first kappa shape index (κ1) is 25.7. The van der Waals surface area contributed by atoms with Crippen LogP contribution in [-0.2, 0) is 19.6 Å². The van der Waals surface area contributed by atoms with Crippen LogP contribution in [0.4, 0.5) is 17.1 Å². The summed E-state index contributed by atoms with van der Waals surface area (Å²) in [7, 11) is -3.84. The van der Waals surface area contributed by atoms with Crippen LogP contribution in [0, 0.1) is 0 Å². The molecule has 1 aliphatic heterocycles. The Balaban J connectivity index is 1.47. The van der Waals surface area contributed by atoms with Gasteiger partial charge in [0, 0.05) is 22.0 Å². The van der Waals surface area contributed by atoms with Gasteiger partial charge in [-0.2, -0.15) is 0 Å². The standard InChI is InChI=1S/C23H15Cl3N4O5S/c24-13-3-10-18(17(25)11-13)30-22(32)19(26)20(23(30)33)28-14-4-1-12(2-5-14)21(31)29-15-6-8-16(9-7-15)36(27,34)35/h1-11,28H,(H,29,31)(H2,27,34,35). The molecule has 1 heterocycles. The number of sulfonamides is 1. The Bertz CT molecular complexity index is 1540. The molecule has 0 bridgehead atoms. The number of benzene rings is 3. The first-order chi connectivity index (χ1) is 17.0. The van der Waals surface area contributed by atoms with Crippen molar-refractivity contribution in [3.8, 4) is 0 Å². The Kier molecular flexibility index (Phi) is 7.07. The van der Waals surface area contributed by atoms with Crippen LogP contribution in [0.2, 0.25) is 10.0 Å². The number of carbonyl (C=O) groups excluding carboxylic acids is 3. The second-order valence-electron chi connectivity index (χ2n) is 7.46. The van der Waals surface area contributed by atoms with Crippen molar-refractivity contribution in [2.24, 2.45) is 5.14 Å². The van der Waals surface area contributed by atoms with Crippen molar-refractivity contribution in [2.45, 2.75) is 4.90 Å². The molecule has 0 saturated heterocycles. The average Bonchev–Trinajstić information content (AvgIpc) is 3.03. The van der Waals surface area contributed by atoms with E-state index in [9.17, 15) is 22.8 Å². The highest BCUT2D eigenvalue weighted by Gasteiger charge is 2.39. The van der Waals surface area contributed by atoms with Crippen LogP contribution in [0.3, 0.4) is 0 Å². The second-order valence-corrected chi connectivity index (χ2v) is 10.2. The fraction of sp³-hybridized carbons (Fsp3) is 0. The van der Waals surface area contributed by atoms with Crippen molar-refractivity contribution in [3.63, 3.8) is 0 Å². The molecule has 0 saturated carbocycles. The molecule has 4 N–H and O–H groups in total. The molecule has 0 fully saturated rings. The Hall–Kier alpha value is -3.41. The van der Waals surface area contributed by atoms with Crippen LogP contribution in [0.5, 0.6) is 0 Å². The van der Waals surface area contributed by atoms with Gasteiger partial charge < -0.3 is 10.6 Å². The molecular formula is C23H15Cl3N4O5S. The van der Waals surface area contributed by atoms with Gasteiger partial charge in [0.1, 0.15) is 10.7 Å². The molecule has 0 aliphatic carbocycles. The Morgan fingerprint density at radius 1 is 0.833 bits per heavy atom. The molecule has 9 nitrogen and oxygen atoms in total. The molecule has 0 atom stereocenters. The van der Waals surface area contributed by atoms with Crippen LogP contribution >= 0.6 is 34.8 Å². The molecule has 0 radical (unpaired) electrons. The first-order valence-electron chi connectivity index (χ1n) is 10.0. The summed E-state index contributed by atoms with van der Waals surface area (Å²) in [6.07, 6.45) is 0. The van der Waals surface area contributed by atoms with Crippen molar-refractivity contribution in [3.05, 3.63) is 93.1 Å². The Morgan fingerprint density at radius 3 is 2.03 bits per heavy atom. The van der Waals surface area contributed by atoms with Crippen LogP contribution in [-0.4, -0.2) is 26.1 Å². The third kappa shape index (κ3) is 5.23. The van der Waals surface area contributed by atoms with E-state index in [4.69, 9.17) is 39.9 Å². The number of hydrogen-bond donors (Lipinski definition) is 3. The largest absolute Gasteiger partial charge is 0.350 e. The van der Waals surface area contributed by atoms with Crippen molar-refractivity contribution >= 4 is 79.6 Å². The highest BCUT2D eigenvalue weighted by atomic mass is 35.5. The van der Waals surface area contributed by atoms with E-state index >= 15 is 0 Å². The summed E-state index contributed by atoms with van der Waals surface area (Å²) in [6, 6.07) is 15.7. The van der Waals surface area contributed by atoms with E-state index in [1.165, 1.54) is 66.7 Å². The Labute approximate surface area is 220 Å². The van der Waals surface area contributed by atoms with E-state index in [1.807, 2.05) is 0 Å². The molecule has 184 valence electrons. The maximum Gasteiger partial charge on any atom is 0.283 e. The number of nitrogens with one attached hydrogen (secondary N) is 2. The molecule has 3 aromatic carbocycles. The van der Waals surface area contributed by atoms with Crippen LogP contribution < -0.4 is 20.7 Å². The average molecular weight is 566 g/mol. The van der Waals surface area contributed by atoms with Gasteiger partial charge in [-0.3, -0.25) is 14.4 Å². The molecule has 3 amide bonds. The summed E-state index contributed by atoms with van der Waals surface area (Å²) in [4.78, 5) is 38.8. The summed E-state index contributed by atoms with van der Waals surface area (Å²) in [5.41, 5.74) is 1.01. The van der Waals surface area contributed by atoms with Gasteiger partial charge in [-0.1, -0.05) is 34.8 Å². The smallest absolute Gasteiger partial charge is 0.283 e. The number of primary sulfonamides is 1. The summed E-state index contributed by atoms with van der Waals surface area (Å²) >= 11 is 18.2. The molecule has 1 aliphatic rings. The second kappa shape index (κ2) is 9.92. The highest BCUT2D eigenvalue weighted by molar-refractivity contribution is 7.89. The minimum atomic E-state index is -3.84. The summed E-state index contributed by atoms with van der Waals surface area (Å²) in [5, 5.41) is 10.6. The molecular weight excluding hydrogens is 551 g/mol. The zero-order valence-corrected chi connectivity index (χ0v) is 21.0. The quantitative estimate of drug-likeness (QED) is 0.380.